The average molecular weight is 206 g/mol. The summed E-state index contributed by atoms with van der Waals surface area (Å²) in [6.45, 7) is 5.51. The Hall–Kier alpha value is -1.71. The van der Waals surface area contributed by atoms with Crippen LogP contribution in [0, 0.1) is 13.8 Å². The van der Waals surface area contributed by atoms with E-state index in [1.807, 2.05) is 19.9 Å². The Morgan fingerprint density at radius 1 is 1.47 bits per heavy atom. The molecular weight excluding hydrogens is 192 g/mol. The number of nitrogen functional groups attached to an aromatic ring is 1. The second kappa shape index (κ2) is 3.15. The van der Waals surface area contributed by atoms with Crippen molar-refractivity contribution in [1.82, 2.24) is 0 Å². The van der Waals surface area contributed by atoms with Gasteiger partial charge in [0, 0.05) is 5.69 Å². The first-order chi connectivity index (χ1) is 7.00. The summed E-state index contributed by atoms with van der Waals surface area (Å²) in [5, 5.41) is 2.82. The molecule has 4 heteroatoms. The van der Waals surface area contributed by atoms with Crippen molar-refractivity contribution in [3.8, 4) is 5.75 Å². The molecule has 0 spiro atoms. The van der Waals surface area contributed by atoms with Crippen LogP contribution in [0.1, 0.15) is 18.1 Å². The monoisotopic (exact) mass is 206 g/mol. The number of nitrogens with one attached hydrogen (secondary N) is 1. The Labute approximate surface area is 88.4 Å². The lowest BCUT2D eigenvalue weighted by atomic mass is 10.0. The molecule has 0 saturated carbocycles. The number of carbonyl (C=O) groups is 1. The highest BCUT2D eigenvalue weighted by molar-refractivity contribution is 5.99. The summed E-state index contributed by atoms with van der Waals surface area (Å²) in [6.07, 6.45) is -0.445. The fraction of sp³-hybridized carbons (Fsp3) is 0.364. The van der Waals surface area contributed by atoms with E-state index in [4.69, 9.17) is 10.5 Å². The zero-order valence-electron chi connectivity index (χ0n) is 9.05. The molecular formula is C11H14N2O2. The molecule has 1 unspecified atom stereocenters. The van der Waals surface area contributed by atoms with Crippen LogP contribution in [0.3, 0.4) is 0 Å². The van der Waals surface area contributed by atoms with Crippen LogP contribution < -0.4 is 15.8 Å². The fourth-order valence-corrected chi connectivity index (χ4v) is 1.68. The zero-order valence-corrected chi connectivity index (χ0v) is 9.05. The Bertz CT molecular complexity index is 441. The van der Waals surface area contributed by atoms with Crippen molar-refractivity contribution in [2.75, 3.05) is 11.1 Å². The van der Waals surface area contributed by atoms with Crippen molar-refractivity contribution in [2.24, 2.45) is 0 Å². The number of rotatable bonds is 0. The minimum absolute atomic E-state index is 0.129. The summed E-state index contributed by atoms with van der Waals surface area (Å²) in [5.41, 5.74) is 8.99. The average Bonchev–Trinajstić information content (AvgIpc) is 2.18. The van der Waals surface area contributed by atoms with E-state index >= 15 is 0 Å². The van der Waals surface area contributed by atoms with Crippen molar-refractivity contribution in [1.29, 1.82) is 0 Å². The first-order valence-electron chi connectivity index (χ1n) is 4.88. The molecule has 0 aliphatic carbocycles. The number of fused-ring (bicyclic) bond motifs is 1. The first kappa shape index (κ1) is 9.83. The molecule has 0 aromatic heterocycles. The molecule has 0 fully saturated rings. The van der Waals surface area contributed by atoms with Crippen LogP contribution in [0.4, 0.5) is 11.4 Å². The van der Waals surface area contributed by atoms with Gasteiger partial charge >= 0.3 is 0 Å². The standard InChI is InChI=1S/C11H14N2O2/c1-5-4-8(12)6(2)9-10(5)15-7(3)11(14)13-9/h4,7H,12H2,1-3H3,(H,13,14). The highest BCUT2D eigenvalue weighted by Crippen LogP contribution is 2.38. The number of amides is 1. The van der Waals surface area contributed by atoms with Crippen molar-refractivity contribution >= 4 is 17.3 Å². The number of anilines is 2. The number of benzene rings is 1. The van der Waals surface area contributed by atoms with Crippen molar-refractivity contribution in [2.45, 2.75) is 26.9 Å². The van der Waals surface area contributed by atoms with Crippen molar-refractivity contribution < 1.29 is 9.53 Å². The molecule has 1 amide bonds. The highest BCUT2D eigenvalue weighted by atomic mass is 16.5. The lowest BCUT2D eigenvalue weighted by molar-refractivity contribution is -0.122. The maximum atomic E-state index is 11.5. The third kappa shape index (κ3) is 1.42. The van der Waals surface area contributed by atoms with Gasteiger partial charge in [0.15, 0.2) is 6.10 Å². The van der Waals surface area contributed by atoms with Gasteiger partial charge in [-0.3, -0.25) is 4.79 Å². The lowest BCUT2D eigenvalue weighted by Gasteiger charge is -2.26. The lowest BCUT2D eigenvalue weighted by Crippen LogP contribution is -2.35. The number of ether oxygens (including phenoxy) is 1. The summed E-state index contributed by atoms with van der Waals surface area (Å²) in [4.78, 5) is 11.5. The summed E-state index contributed by atoms with van der Waals surface area (Å²) in [5.74, 6) is 0.601. The number of hydrogen-bond donors (Lipinski definition) is 2. The van der Waals surface area contributed by atoms with E-state index in [0.29, 0.717) is 11.4 Å². The van der Waals surface area contributed by atoms with Gasteiger partial charge in [0.05, 0.1) is 5.69 Å². The molecule has 1 aromatic rings. The summed E-state index contributed by atoms with van der Waals surface area (Å²) in [6, 6.07) is 1.86. The second-order valence-electron chi connectivity index (χ2n) is 3.86. The van der Waals surface area contributed by atoms with Crippen molar-refractivity contribution in [3.05, 3.63) is 17.2 Å². The Morgan fingerprint density at radius 3 is 2.80 bits per heavy atom. The molecule has 2 rings (SSSR count). The van der Waals surface area contributed by atoms with Gasteiger partial charge in [-0.2, -0.15) is 0 Å². The molecule has 1 aliphatic rings. The fourth-order valence-electron chi connectivity index (χ4n) is 1.68. The van der Waals surface area contributed by atoms with Gasteiger partial charge in [-0.15, -0.1) is 0 Å². The summed E-state index contributed by atoms with van der Waals surface area (Å²) >= 11 is 0. The molecule has 1 heterocycles. The predicted molar refractivity (Wildman–Crippen MR) is 59.0 cm³/mol. The zero-order chi connectivity index (χ0) is 11.2. The largest absolute Gasteiger partial charge is 0.478 e. The van der Waals surface area contributed by atoms with Crippen LogP contribution in [0.25, 0.3) is 0 Å². The second-order valence-corrected chi connectivity index (χ2v) is 3.86. The Morgan fingerprint density at radius 2 is 2.13 bits per heavy atom. The van der Waals surface area contributed by atoms with Gasteiger partial charge in [-0.1, -0.05) is 0 Å². The topological polar surface area (TPSA) is 64.3 Å². The Balaban J connectivity index is 2.61. The van der Waals surface area contributed by atoms with Crippen LogP contribution in [-0.2, 0) is 4.79 Å². The Kier molecular flexibility index (Phi) is 2.07. The van der Waals surface area contributed by atoms with Gasteiger partial charge in [0.1, 0.15) is 5.75 Å². The maximum absolute atomic E-state index is 11.5. The summed E-state index contributed by atoms with van der Waals surface area (Å²) < 4.78 is 5.54. The molecule has 0 bridgehead atoms. The van der Waals surface area contributed by atoms with E-state index in [-0.39, 0.29) is 5.91 Å². The third-order valence-corrected chi connectivity index (χ3v) is 2.68. The molecule has 80 valence electrons. The van der Waals surface area contributed by atoms with Gasteiger partial charge in [-0.05, 0) is 38.0 Å². The molecule has 1 atom stereocenters. The van der Waals surface area contributed by atoms with Crippen LogP contribution in [0.5, 0.6) is 5.75 Å². The third-order valence-electron chi connectivity index (χ3n) is 2.68. The summed E-state index contributed by atoms with van der Waals surface area (Å²) in [7, 11) is 0. The molecule has 4 nitrogen and oxygen atoms in total. The smallest absolute Gasteiger partial charge is 0.265 e. The van der Waals surface area contributed by atoms with Crippen LogP contribution >= 0.6 is 0 Å². The molecule has 1 aliphatic heterocycles. The van der Waals surface area contributed by atoms with E-state index in [2.05, 4.69) is 5.32 Å². The minimum Gasteiger partial charge on any atom is -0.478 e. The van der Waals surface area contributed by atoms with Gasteiger partial charge < -0.3 is 15.8 Å². The quantitative estimate of drug-likeness (QED) is 0.634. The first-order valence-corrected chi connectivity index (χ1v) is 4.88. The minimum atomic E-state index is -0.445. The molecule has 0 saturated heterocycles. The van der Waals surface area contributed by atoms with Gasteiger partial charge in [-0.25, -0.2) is 0 Å². The van der Waals surface area contributed by atoms with Crippen LogP contribution in [-0.4, -0.2) is 12.0 Å². The van der Waals surface area contributed by atoms with Crippen molar-refractivity contribution in [3.63, 3.8) is 0 Å². The number of nitrogens with two attached hydrogens (primary N) is 1. The number of carbonyl (C=O) groups excluding carboxylic acids is 1. The highest BCUT2D eigenvalue weighted by Gasteiger charge is 2.26. The molecule has 1 aromatic carbocycles. The van der Waals surface area contributed by atoms with E-state index in [1.54, 1.807) is 6.92 Å². The van der Waals surface area contributed by atoms with E-state index in [9.17, 15) is 4.79 Å². The van der Waals surface area contributed by atoms with Gasteiger partial charge in [0.25, 0.3) is 5.91 Å². The van der Waals surface area contributed by atoms with Gasteiger partial charge in [0.2, 0.25) is 0 Å². The predicted octanol–water partition coefficient (Wildman–Crippen LogP) is 1.61. The molecule has 0 radical (unpaired) electrons. The van der Waals surface area contributed by atoms with Crippen LogP contribution in [0.15, 0.2) is 6.07 Å². The molecule has 15 heavy (non-hydrogen) atoms. The number of hydrogen-bond acceptors (Lipinski definition) is 3. The maximum Gasteiger partial charge on any atom is 0.265 e. The van der Waals surface area contributed by atoms with E-state index in [1.165, 1.54) is 0 Å². The number of aryl methyl sites for hydroxylation is 1. The van der Waals surface area contributed by atoms with Crippen LogP contribution in [0.2, 0.25) is 0 Å². The SMILES string of the molecule is Cc1cc(N)c(C)c2c1OC(C)C(=O)N2. The molecule has 3 N–H and O–H groups in total. The van der Waals surface area contributed by atoms with E-state index in [0.717, 1.165) is 16.9 Å². The normalized spacial score (nSPS) is 19.1. The van der Waals surface area contributed by atoms with E-state index < -0.39 is 6.10 Å².